The number of furan rings is 1. The Balaban J connectivity index is 1.53. The summed E-state index contributed by atoms with van der Waals surface area (Å²) in [6.45, 7) is 9.05. The minimum Gasteiger partial charge on any atom is -0.480 e. The van der Waals surface area contributed by atoms with Gasteiger partial charge in [0, 0.05) is 24.1 Å². The van der Waals surface area contributed by atoms with Crippen LogP contribution in [0.15, 0.2) is 10.5 Å². The predicted molar refractivity (Wildman–Crippen MR) is 102 cm³/mol. The fraction of sp³-hybridized carbons (Fsp3) is 0.700. The highest BCUT2D eigenvalue weighted by atomic mass is 16.4. The highest BCUT2D eigenvalue weighted by molar-refractivity contribution is 5.75. The maximum Gasteiger partial charge on any atom is 0.317 e. The predicted octanol–water partition coefficient (Wildman–Crippen LogP) is 2.84. The number of carbonyl (C=O) groups is 2. The second-order valence-corrected chi connectivity index (χ2v) is 8.73. The summed E-state index contributed by atoms with van der Waals surface area (Å²) in [6, 6.07) is 2.15. The molecule has 2 aliphatic rings. The van der Waals surface area contributed by atoms with Gasteiger partial charge in [-0.3, -0.25) is 9.69 Å². The molecule has 3 N–H and O–H groups in total. The summed E-state index contributed by atoms with van der Waals surface area (Å²) in [5.74, 6) is 1.05. The van der Waals surface area contributed by atoms with Crippen LogP contribution >= 0.6 is 0 Å². The van der Waals surface area contributed by atoms with E-state index in [-0.39, 0.29) is 36.1 Å². The Morgan fingerprint density at radius 1 is 1.33 bits per heavy atom. The van der Waals surface area contributed by atoms with Crippen LogP contribution in [0.25, 0.3) is 0 Å². The van der Waals surface area contributed by atoms with Crippen molar-refractivity contribution in [2.45, 2.75) is 71.5 Å². The van der Waals surface area contributed by atoms with E-state index in [9.17, 15) is 9.59 Å². The molecule has 2 aliphatic carbocycles. The number of amides is 2. The smallest absolute Gasteiger partial charge is 0.317 e. The number of carbonyl (C=O) groups excluding carboxylic acids is 1. The summed E-state index contributed by atoms with van der Waals surface area (Å²) >= 11 is 0. The third kappa shape index (κ3) is 4.64. The highest BCUT2D eigenvalue weighted by Gasteiger charge is 2.37. The molecule has 1 aromatic heterocycles. The van der Waals surface area contributed by atoms with Gasteiger partial charge in [0.05, 0.1) is 12.6 Å². The van der Waals surface area contributed by atoms with Gasteiger partial charge in [-0.2, -0.15) is 0 Å². The lowest BCUT2D eigenvalue weighted by atomic mass is 9.75. The molecule has 0 saturated heterocycles. The van der Waals surface area contributed by atoms with E-state index in [1.807, 2.05) is 24.8 Å². The SMILES string of the molecule is CCN(CC(=O)O)C1CC(NC(=O)NC2CC(C)(C)Cc3oc(C)cc32)C1. The van der Waals surface area contributed by atoms with Gasteiger partial charge < -0.3 is 20.2 Å². The standard InChI is InChI=1S/C20H31N3O4/c1-5-23(11-18(24)25)14-7-13(8-14)21-19(26)22-16-9-20(3,4)10-17-15(16)6-12(2)27-17/h6,13-14,16H,5,7-11H2,1-4H3,(H,24,25)(H2,21,22,26). The summed E-state index contributed by atoms with van der Waals surface area (Å²) in [6.07, 6.45) is 3.35. The molecule has 1 saturated carbocycles. The maximum absolute atomic E-state index is 12.5. The first-order valence-corrected chi connectivity index (χ1v) is 9.79. The maximum atomic E-state index is 12.5. The number of likely N-dealkylation sites (N-methyl/N-ethyl adjacent to an activating group) is 1. The van der Waals surface area contributed by atoms with Gasteiger partial charge in [0.15, 0.2) is 0 Å². The van der Waals surface area contributed by atoms with Gasteiger partial charge in [-0.05, 0) is 44.2 Å². The van der Waals surface area contributed by atoms with Crippen molar-refractivity contribution in [2.24, 2.45) is 5.41 Å². The Morgan fingerprint density at radius 3 is 2.67 bits per heavy atom. The number of urea groups is 1. The van der Waals surface area contributed by atoms with E-state index in [1.165, 1.54) is 0 Å². The van der Waals surface area contributed by atoms with Gasteiger partial charge in [-0.1, -0.05) is 20.8 Å². The molecule has 0 aromatic carbocycles. The van der Waals surface area contributed by atoms with Crippen LogP contribution in [-0.4, -0.2) is 47.2 Å². The van der Waals surface area contributed by atoms with Crippen molar-refractivity contribution in [1.29, 1.82) is 0 Å². The first-order chi connectivity index (χ1) is 12.7. The zero-order valence-electron chi connectivity index (χ0n) is 16.7. The lowest BCUT2D eigenvalue weighted by Gasteiger charge is -2.42. The van der Waals surface area contributed by atoms with Crippen LogP contribution in [0.2, 0.25) is 0 Å². The summed E-state index contributed by atoms with van der Waals surface area (Å²) in [5.41, 5.74) is 1.17. The molecular formula is C20H31N3O4. The Bertz CT molecular complexity index is 706. The van der Waals surface area contributed by atoms with E-state index < -0.39 is 5.97 Å². The van der Waals surface area contributed by atoms with E-state index in [4.69, 9.17) is 9.52 Å². The van der Waals surface area contributed by atoms with Crippen LogP contribution in [0, 0.1) is 12.3 Å². The van der Waals surface area contributed by atoms with E-state index in [0.717, 1.165) is 42.8 Å². The Labute approximate surface area is 160 Å². The van der Waals surface area contributed by atoms with E-state index in [1.54, 1.807) is 0 Å². The minimum absolute atomic E-state index is 0.0452. The van der Waals surface area contributed by atoms with Gasteiger partial charge in [0.1, 0.15) is 11.5 Å². The average molecular weight is 377 g/mol. The molecular weight excluding hydrogens is 346 g/mol. The monoisotopic (exact) mass is 377 g/mol. The molecule has 1 aromatic rings. The molecule has 2 amide bonds. The summed E-state index contributed by atoms with van der Waals surface area (Å²) in [7, 11) is 0. The van der Waals surface area contributed by atoms with Gasteiger partial charge in [0.25, 0.3) is 0 Å². The molecule has 1 unspecified atom stereocenters. The fourth-order valence-corrected chi connectivity index (χ4v) is 4.38. The van der Waals surface area contributed by atoms with Gasteiger partial charge in [-0.25, -0.2) is 4.79 Å². The molecule has 1 fully saturated rings. The van der Waals surface area contributed by atoms with Gasteiger partial charge >= 0.3 is 12.0 Å². The minimum atomic E-state index is -0.808. The van der Waals surface area contributed by atoms with Crippen molar-refractivity contribution in [3.8, 4) is 0 Å². The number of aryl methyl sites for hydroxylation is 1. The molecule has 0 bridgehead atoms. The van der Waals surface area contributed by atoms with Crippen molar-refractivity contribution in [3.05, 3.63) is 23.2 Å². The first-order valence-electron chi connectivity index (χ1n) is 9.79. The Hall–Kier alpha value is -2.02. The topological polar surface area (TPSA) is 94.8 Å². The second kappa shape index (κ2) is 7.54. The Morgan fingerprint density at radius 2 is 2.04 bits per heavy atom. The summed E-state index contributed by atoms with van der Waals surface area (Å²) in [5, 5.41) is 15.1. The quantitative estimate of drug-likeness (QED) is 0.709. The van der Waals surface area contributed by atoms with Gasteiger partial charge in [-0.15, -0.1) is 0 Å². The molecule has 0 spiro atoms. The van der Waals surface area contributed by atoms with Crippen LogP contribution in [0.3, 0.4) is 0 Å². The van der Waals surface area contributed by atoms with Crippen molar-refractivity contribution >= 4 is 12.0 Å². The lowest BCUT2D eigenvalue weighted by Crippen LogP contribution is -2.56. The molecule has 150 valence electrons. The highest BCUT2D eigenvalue weighted by Crippen LogP contribution is 2.42. The Kier molecular flexibility index (Phi) is 5.51. The van der Waals surface area contributed by atoms with Gasteiger partial charge in [0.2, 0.25) is 0 Å². The summed E-state index contributed by atoms with van der Waals surface area (Å²) < 4.78 is 5.83. The normalized spacial score (nSPS) is 26.2. The number of carboxylic acids is 1. The number of hydrogen-bond donors (Lipinski definition) is 3. The van der Waals surface area contributed by atoms with Crippen LogP contribution in [0.4, 0.5) is 4.79 Å². The van der Waals surface area contributed by atoms with E-state index in [2.05, 4.69) is 24.5 Å². The number of nitrogens with zero attached hydrogens (tertiary/aromatic N) is 1. The van der Waals surface area contributed by atoms with E-state index in [0.29, 0.717) is 6.54 Å². The molecule has 3 rings (SSSR count). The third-order valence-corrected chi connectivity index (χ3v) is 5.75. The van der Waals surface area contributed by atoms with Crippen LogP contribution in [0.5, 0.6) is 0 Å². The summed E-state index contributed by atoms with van der Waals surface area (Å²) in [4.78, 5) is 25.4. The molecule has 7 nitrogen and oxygen atoms in total. The first kappa shape index (κ1) is 19.7. The number of rotatable bonds is 6. The molecule has 0 radical (unpaired) electrons. The largest absolute Gasteiger partial charge is 0.480 e. The van der Waals surface area contributed by atoms with Crippen molar-refractivity contribution in [1.82, 2.24) is 15.5 Å². The van der Waals surface area contributed by atoms with Crippen molar-refractivity contribution in [2.75, 3.05) is 13.1 Å². The molecule has 7 heteroatoms. The zero-order chi connectivity index (χ0) is 19.8. The van der Waals surface area contributed by atoms with E-state index >= 15 is 0 Å². The third-order valence-electron chi connectivity index (χ3n) is 5.75. The number of aliphatic carboxylic acids is 1. The number of carboxylic acid groups (broad SMARTS) is 1. The average Bonchev–Trinajstić information content (AvgIpc) is 2.87. The number of hydrogen-bond acceptors (Lipinski definition) is 4. The lowest BCUT2D eigenvalue weighted by molar-refractivity contribution is -0.139. The van der Waals surface area contributed by atoms with Crippen LogP contribution < -0.4 is 10.6 Å². The molecule has 1 atom stereocenters. The molecule has 27 heavy (non-hydrogen) atoms. The number of fused-ring (bicyclic) bond motifs is 1. The molecule has 1 heterocycles. The van der Waals surface area contributed by atoms with Crippen molar-refractivity contribution in [3.63, 3.8) is 0 Å². The second-order valence-electron chi connectivity index (χ2n) is 8.73. The number of nitrogens with one attached hydrogen (secondary N) is 2. The van der Waals surface area contributed by atoms with Crippen molar-refractivity contribution < 1.29 is 19.1 Å². The van der Waals surface area contributed by atoms with Crippen LogP contribution in [-0.2, 0) is 11.2 Å². The fourth-order valence-electron chi connectivity index (χ4n) is 4.38. The van der Waals surface area contributed by atoms with Crippen LogP contribution in [0.1, 0.15) is 63.2 Å². The zero-order valence-corrected chi connectivity index (χ0v) is 16.7. The molecule has 0 aliphatic heterocycles.